The van der Waals surface area contributed by atoms with Gasteiger partial charge in [-0.05, 0) is 13.5 Å². The fraction of sp³-hybridized carbons (Fsp3) is 1.00. The smallest absolute Gasteiger partial charge is 0.0446 e. The quantitative estimate of drug-likeness (QED) is 0.440. The minimum Gasteiger partial charge on any atom is -0.396 e. The van der Waals surface area contributed by atoms with Crippen molar-refractivity contribution in [1.82, 2.24) is 5.32 Å². The molecule has 3 nitrogen and oxygen atoms in total. The zero-order chi connectivity index (χ0) is 6.41. The van der Waals surface area contributed by atoms with Crippen LogP contribution in [0.4, 0.5) is 0 Å². The Morgan fingerprint density at radius 2 is 2.38 bits per heavy atom. The fourth-order valence-electron chi connectivity index (χ4n) is 0.536. The first-order chi connectivity index (χ1) is 3.85. The van der Waals surface area contributed by atoms with E-state index in [1.807, 2.05) is 7.05 Å². The Balaban J connectivity index is 3.07. The zero-order valence-corrected chi connectivity index (χ0v) is 5.22. The van der Waals surface area contributed by atoms with Gasteiger partial charge >= 0.3 is 0 Å². The van der Waals surface area contributed by atoms with E-state index < -0.39 is 0 Å². The Hall–Kier alpha value is -0.120. The Morgan fingerprint density at radius 1 is 1.75 bits per heavy atom. The first-order valence-corrected chi connectivity index (χ1v) is 2.83. The molecule has 0 saturated carbocycles. The molecule has 0 saturated heterocycles. The highest BCUT2D eigenvalue weighted by Gasteiger charge is 1.98. The summed E-state index contributed by atoms with van der Waals surface area (Å²) in [6.07, 6.45) is 0.743. The first kappa shape index (κ1) is 7.88. The highest BCUT2D eigenvalue weighted by atomic mass is 16.3. The van der Waals surface area contributed by atoms with Gasteiger partial charge in [-0.15, -0.1) is 0 Å². The highest BCUT2D eigenvalue weighted by molar-refractivity contribution is 4.62. The molecule has 0 fully saturated rings. The van der Waals surface area contributed by atoms with Crippen LogP contribution >= 0.6 is 0 Å². The third kappa shape index (κ3) is 2.96. The second kappa shape index (κ2) is 5.03. The molecule has 0 radical (unpaired) electrons. The molecular weight excluding hydrogens is 104 g/mol. The van der Waals surface area contributed by atoms with Crippen LogP contribution in [-0.4, -0.2) is 31.3 Å². The average molecular weight is 118 g/mol. The topological polar surface area (TPSA) is 58.3 Å². The van der Waals surface area contributed by atoms with E-state index in [4.69, 9.17) is 10.8 Å². The Kier molecular flexibility index (Phi) is 4.95. The van der Waals surface area contributed by atoms with Gasteiger partial charge in [0.2, 0.25) is 0 Å². The van der Waals surface area contributed by atoms with Crippen LogP contribution in [0.15, 0.2) is 0 Å². The van der Waals surface area contributed by atoms with E-state index in [0.717, 1.165) is 6.42 Å². The molecule has 0 bridgehead atoms. The number of nitrogens with two attached hydrogens (primary N) is 1. The van der Waals surface area contributed by atoms with Gasteiger partial charge in [-0.25, -0.2) is 0 Å². The standard InChI is InChI=1S/C5H14N2O/c1-7-5(4-6)2-3-8/h5,7-8H,2-4,6H2,1H3. The summed E-state index contributed by atoms with van der Waals surface area (Å²) in [5, 5.41) is 11.4. The second-order valence-corrected chi connectivity index (χ2v) is 1.73. The monoisotopic (exact) mass is 118 g/mol. The molecule has 8 heavy (non-hydrogen) atoms. The summed E-state index contributed by atoms with van der Waals surface area (Å²) in [7, 11) is 1.84. The maximum Gasteiger partial charge on any atom is 0.0446 e. The largest absolute Gasteiger partial charge is 0.396 e. The summed E-state index contributed by atoms with van der Waals surface area (Å²) >= 11 is 0. The lowest BCUT2D eigenvalue weighted by molar-refractivity contribution is 0.269. The predicted molar refractivity (Wildman–Crippen MR) is 33.6 cm³/mol. The van der Waals surface area contributed by atoms with Crippen LogP contribution in [0.3, 0.4) is 0 Å². The Bertz CT molecular complexity index is 45.7. The van der Waals surface area contributed by atoms with Gasteiger partial charge in [0.25, 0.3) is 0 Å². The van der Waals surface area contributed by atoms with Crippen molar-refractivity contribution in [1.29, 1.82) is 0 Å². The number of hydrogen-bond acceptors (Lipinski definition) is 3. The van der Waals surface area contributed by atoms with Gasteiger partial charge in [0.1, 0.15) is 0 Å². The molecule has 0 aromatic carbocycles. The number of likely N-dealkylation sites (N-methyl/N-ethyl adjacent to an activating group) is 1. The van der Waals surface area contributed by atoms with E-state index in [1.54, 1.807) is 0 Å². The van der Waals surface area contributed by atoms with Crippen LogP contribution in [0.25, 0.3) is 0 Å². The molecule has 1 atom stereocenters. The second-order valence-electron chi connectivity index (χ2n) is 1.73. The SMILES string of the molecule is CNC(CN)CCO. The van der Waals surface area contributed by atoms with Crippen LogP contribution in [0.5, 0.6) is 0 Å². The summed E-state index contributed by atoms with van der Waals surface area (Å²) in [4.78, 5) is 0. The minimum absolute atomic E-state index is 0.211. The molecule has 0 spiro atoms. The number of rotatable bonds is 4. The van der Waals surface area contributed by atoms with Crippen molar-refractivity contribution in [2.24, 2.45) is 5.73 Å². The fourth-order valence-corrected chi connectivity index (χ4v) is 0.536. The molecule has 1 unspecified atom stereocenters. The maximum absolute atomic E-state index is 8.40. The maximum atomic E-state index is 8.40. The third-order valence-electron chi connectivity index (χ3n) is 1.17. The molecular formula is C5H14N2O. The van der Waals surface area contributed by atoms with Crippen molar-refractivity contribution >= 4 is 0 Å². The van der Waals surface area contributed by atoms with Crippen molar-refractivity contribution in [3.05, 3.63) is 0 Å². The number of aliphatic hydroxyl groups is 1. The molecule has 0 rings (SSSR count). The number of aliphatic hydroxyl groups excluding tert-OH is 1. The molecule has 3 heteroatoms. The van der Waals surface area contributed by atoms with Crippen LogP contribution < -0.4 is 11.1 Å². The average Bonchev–Trinajstić information content (AvgIpc) is 1.83. The molecule has 0 aromatic rings. The van der Waals surface area contributed by atoms with Crippen molar-refractivity contribution < 1.29 is 5.11 Å². The minimum atomic E-state index is 0.211. The van der Waals surface area contributed by atoms with Gasteiger partial charge in [-0.3, -0.25) is 0 Å². The molecule has 0 aliphatic rings. The first-order valence-electron chi connectivity index (χ1n) is 2.83. The Morgan fingerprint density at radius 3 is 2.50 bits per heavy atom. The summed E-state index contributed by atoms with van der Waals surface area (Å²) < 4.78 is 0. The van der Waals surface area contributed by atoms with Gasteiger partial charge < -0.3 is 16.2 Å². The molecule has 0 aliphatic carbocycles. The van der Waals surface area contributed by atoms with Gasteiger partial charge in [0.15, 0.2) is 0 Å². The summed E-state index contributed by atoms with van der Waals surface area (Å²) in [5.74, 6) is 0. The zero-order valence-electron chi connectivity index (χ0n) is 5.22. The summed E-state index contributed by atoms with van der Waals surface area (Å²) in [5.41, 5.74) is 5.30. The van der Waals surface area contributed by atoms with E-state index >= 15 is 0 Å². The lowest BCUT2D eigenvalue weighted by atomic mass is 10.2. The van der Waals surface area contributed by atoms with E-state index in [-0.39, 0.29) is 12.6 Å². The van der Waals surface area contributed by atoms with E-state index in [9.17, 15) is 0 Å². The number of hydrogen-bond donors (Lipinski definition) is 3. The van der Waals surface area contributed by atoms with E-state index in [0.29, 0.717) is 6.54 Å². The van der Waals surface area contributed by atoms with Crippen LogP contribution in [0.2, 0.25) is 0 Å². The number of nitrogens with one attached hydrogen (secondary N) is 1. The molecule has 4 N–H and O–H groups in total. The lowest BCUT2D eigenvalue weighted by Crippen LogP contribution is -2.33. The normalized spacial score (nSPS) is 13.9. The highest BCUT2D eigenvalue weighted by Crippen LogP contribution is 1.83. The van der Waals surface area contributed by atoms with Crippen molar-refractivity contribution in [2.75, 3.05) is 20.2 Å². The van der Waals surface area contributed by atoms with E-state index in [1.165, 1.54) is 0 Å². The van der Waals surface area contributed by atoms with Gasteiger partial charge in [-0.1, -0.05) is 0 Å². The van der Waals surface area contributed by atoms with Gasteiger partial charge in [0, 0.05) is 19.2 Å². The summed E-state index contributed by atoms with van der Waals surface area (Å²) in [6, 6.07) is 0.278. The van der Waals surface area contributed by atoms with Crippen molar-refractivity contribution in [2.45, 2.75) is 12.5 Å². The van der Waals surface area contributed by atoms with Crippen LogP contribution in [0.1, 0.15) is 6.42 Å². The van der Waals surface area contributed by atoms with Crippen LogP contribution in [0, 0.1) is 0 Å². The molecule has 0 aromatic heterocycles. The van der Waals surface area contributed by atoms with Crippen molar-refractivity contribution in [3.63, 3.8) is 0 Å². The molecule has 0 aliphatic heterocycles. The van der Waals surface area contributed by atoms with Crippen molar-refractivity contribution in [3.8, 4) is 0 Å². The molecule has 0 amide bonds. The third-order valence-corrected chi connectivity index (χ3v) is 1.17. The Labute approximate surface area is 49.9 Å². The van der Waals surface area contributed by atoms with Gasteiger partial charge in [-0.2, -0.15) is 0 Å². The van der Waals surface area contributed by atoms with Gasteiger partial charge in [0.05, 0.1) is 0 Å². The molecule has 50 valence electrons. The molecule has 0 heterocycles. The lowest BCUT2D eigenvalue weighted by Gasteiger charge is -2.09. The van der Waals surface area contributed by atoms with Crippen LogP contribution in [-0.2, 0) is 0 Å². The summed E-state index contributed by atoms with van der Waals surface area (Å²) in [6.45, 7) is 0.805. The predicted octanol–water partition coefficient (Wildman–Crippen LogP) is -1.08. The van der Waals surface area contributed by atoms with E-state index in [2.05, 4.69) is 5.32 Å².